The summed E-state index contributed by atoms with van der Waals surface area (Å²) >= 11 is 1.35. The van der Waals surface area contributed by atoms with Crippen LogP contribution in [-0.4, -0.2) is 70.7 Å². The van der Waals surface area contributed by atoms with E-state index >= 15 is 0 Å². The highest BCUT2D eigenvalue weighted by Gasteiger charge is 2.25. The van der Waals surface area contributed by atoms with Gasteiger partial charge in [-0.3, -0.25) is 9.36 Å². The molecule has 0 aliphatic carbocycles. The summed E-state index contributed by atoms with van der Waals surface area (Å²) in [4.78, 5) is 16.7. The summed E-state index contributed by atoms with van der Waals surface area (Å²) in [5, 5.41) is 9.29. The van der Waals surface area contributed by atoms with Crippen LogP contribution >= 0.6 is 11.8 Å². The van der Waals surface area contributed by atoms with Crippen LogP contribution in [0, 0.1) is 11.7 Å². The lowest BCUT2D eigenvalue weighted by atomic mass is 10.0. The Morgan fingerprint density at radius 2 is 2.10 bits per heavy atom. The molecule has 1 aromatic heterocycles. The molecule has 4 rings (SSSR count). The predicted molar refractivity (Wildman–Crippen MR) is 110 cm³/mol. The molecule has 2 fully saturated rings. The first-order valence-electron chi connectivity index (χ1n) is 10.1. The van der Waals surface area contributed by atoms with Crippen molar-refractivity contribution in [1.82, 2.24) is 19.7 Å². The fourth-order valence-corrected chi connectivity index (χ4v) is 4.65. The van der Waals surface area contributed by atoms with Gasteiger partial charge >= 0.3 is 0 Å². The van der Waals surface area contributed by atoms with E-state index in [4.69, 9.17) is 4.74 Å². The number of piperidine rings is 1. The molecule has 9 heteroatoms. The van der Waals surface area contributed by atoms with Crippen LogP contribution in [0.2, 0.25) is 0 Å². The molecular formula is C20H26FN5O2S. The number of hydrogen-bond donors (Lipinski definition) is 0. The number of morpholine rings is 1. The minimum atomic E-state index is -0.321. The van der Waals surface area contributed by atoms with Gasteiger partial charge in [-0.1, -0.05) is 24.8 Å². The summed E-state index contributed by atoms with van der Waals surface area (Å²) < 4.78 is 21.2. The summed E-state index contributed by atoms with van der Waals surface area (Å²) in [5.41, 5.74) is 0.651. The number of amides is 1. The van der Waals surface area contributed by atoms with Crippen molar-refractivity contribution in [2.45, 2.75) is 24.9 Å². The molecule has 3 heterocycles. The van der Waals surface area contributed by atoms with Crippen molar-refractivity contribution >= 4 is 23.6 Å². The summed E-state index contributed by atoms with van der Waals surface area (Å²) in [7, 11) is 0. The molecule has 7 nitrogen and oxygen atoms in total. The van der Waals surface area contributed by atoms with E-state index in [1.807, 2.05) is 15.5 Å². The normalized spacial score (nSPS) is 20.1. The fraction of sp³-hybridized carbons (Fsp3) is 0.550. The molecule has 2 aliphatic heterocycles. The zero-order valence-electron chi connectivity index (χ0n) is 16.6. The molecule has 2 saturated heterocycles. The number of carbonyl (C=O) groups is 1. The van der Waals surface area contributed by atoms with E-state index in [9.17, 15) is 9.18 Å². The molecule has 1 amide bonds. The molecule has 1 aromatic carbocycles. The number of carbonyl (C=O) groups excluding carboxylic acids is 1. The van der Waals surface area contributed by atoms with Gasteiger partial charge in [-0.15, -0.1) is 10.2 Å². The van der Waals surface area contributed by atoms with Gasteiger partial charge in [0.25, 0.3) is 0 Å². The first kappa shape index (κ1) is 20.2. The monoisotopic (exact) mass is 419 g/mol. The van der Waals surface area contributed by atoms with Crippen molar-refractivity contribution in [2.24, 2.45) is 5.92 Å². The molecule has 0 saturated carbocycles. The molecule has 0 N–H and O–H groups in total. The molecule has 0 unspecified atom stereocenters. The molecule has 0 spiro atoms. The third-order valence-corrected chi connectivity index (χ3v) is 6.22. The molecule has 0 bridgehead atoms. The Hall–Kier alpha value is -2.13. The van der Waals surface area contributed by atoms with Gasteiger partial charge in [-0.2, -0.15) is 0 Å². The smallest absolute Gasteiger partial charge is 0.233 e. The number of thioether (sulfide) groups is 1. The van der Waals surface area contributed by atoms with Crippen molar-refractivity contribution in [2.75, 3.05) is 50.0 Å². The second-order valence-electron chi connectivity index (χ2n) is 7.57. The molecule has 29 heavy (non-hydrogen) atoms. The van der Waals surface area contributed by atoms with E-state index < -0.39 is 0 Å². The average molecular weight is 420 g/mol. The first-order valence-corrected chi connectivity index (χ1v) is 11.0. The van der Waals surface area contributed by atoms with Gasteiger partial charge in [0.2, 0.25) is 11.9 Å². The Bertz CT molecular complexity index is 855. The highest BCUT2D eigenvalue weighted by molar-refractivity contribution is 7.99. The number of ether oxygens (including phenoxy) is 1. The van der Waals surface area contributed by atoms with Crippen LogP contribution in [0.25, 0.3) is 5.69 Å². The van der Waals surface area contributed by atoms with Gasteiger partial charge in [0, 0.05) is 26.2 Å². The van der Waals surface area contributed by atoms with Gasteiger partial charge in [0.15, 0.2) is 5.16 Å². The lowest BCUT2D eigenvalue weighted by Gasteiger charge is -2.30. The number of benzene rings is 1. The van der Waals surface area contributed by atoms with Crippen LogP contribution in [-0.2, 0) is 9.53 Å². The van der Waals surface area contributed by atoms with Crippen molar-refractivity contribution in [3.63, 3.8) is 0 Å². The second kappa shape index (κ2) is 9.13. The highest BCUT2D eigenvalue weighted by Crippen LogP contribution is 2.28. The highest BCUT2D eigenvalue weighted by atomic mass is 32.2. The summed E-state index contributed by atoms with van der Waals surface area (Å²) in [5.74, 6) is 1.28. The number of aromatic nitrogens is 3. The van der Waals surface area contributed by atoms with Gasteiger partial charge in [-0.25, -0.2) is 4.39 Å². The Balaban J connectivity index is 1.56. The minimum absolute atomic E-state index is 0.114. The summed E-state index contributed by atoms with van der Waals surface area (Å²) in [6.07, 6.45) is 2.23. The van der Waals surface area contributed by atoms with Gasteiger partial charge in [0.05, 0.1) is 24.7 Å². The second-order valence-corrected chi connectivity index (χ2v) is 8.52. The molecular weight excluding hydrogens is 393 g/mol. The number of anilines is 1. The van der Waals surface area contributed by atoms with E-state index in [-0.39, 0.29) is 11.7 Å². The number of halogens is 1. The Kier molecular flexibility index (Phi) is 6.34. The van der Waals surface area contributed by atoms with Gasteiger partial charge in [-0.05, 0) is 37.0 Å². The molecule has 0 radical (unpaired) electrons. The van der Waals surface area contributed by atoms with E-state index in [0.29, 0.717) is 54.8 Å². The van der Waals surface area contributed by atoms with E-state index in [0.717, 1.165) is 19.5 Å². The van der Waals surface area contributed by atoms with E-state index in [1.54, 1.807) is 6.07 Å². The van der Waals surface area contributed by atoms with Crippen molar-refractivity contribution in [3.05, 3.63) is 30.1 Å². The Morgan fingerprint density at radius 3 is 2.86 bits per heavy atom. The third kappa shape index (κ3) is 4.72. The zero-order valence-corrected chi connectivity index (χ0v) is 17.4. The van der Waals surface area contributed by atoms with Crippen LogP contribution in [0.5, 0.6) is 0 Å². The minimum Gasteiger partial charge on any atom is -0.378 e. The van der Waals surface area contributed by atoms with Gasteiger partial charge in [0.1, 0.15) is 5.82 Å². The number of hydrogen-bond acceptors (Lipinski definition) is 6. The zero-order chi connectivity index (χ0) is 20.2. The van der Waals surface area contributed by atoms with E-state index in [2.05, 4.69) is 22.0 Å². The molecule has 2 aromatic rings. The first-order chi connectivity index (χ1) is 14.1. The summed E-state index contributed by atoms with van der Waals surface area (Å²) in [6.45, 7) is 6.44. The molecule has 156 valence electrons. The molecule has 2 aliphatic rings. The maximum Gasteiger partial charge on any atom is 0.233 e. The quantitative estimate of drug-likeness (QED) is 0.695. The van der Waals surface area contributed by atoms with Crippen molar-refractivity contribution < 1.29 is 13.9 Å². The van der Waals surface area contributed by atoms with Crippen LogP contribution < -0.4 is 4.90 Å². The van der Waals surface area contributed by atoms with Crippen molar-refractivity contribution in [3.8, 4) is 5.69 Å². The summed E-state index contributed by atoms with van der Waals surface area (Å²) in [6, 6.07) is 6.37. The molecule has 1 atom stereocenters. The Labute approximate surface area is 174 Å². The maximum atomic E-state index is 13.9. The number of rotatable bonds is 5. The lowest BCUT2D eigenvalue weighted by molar-refractivity contribution is -0.130. The third-order valence-electron chi connectivity index (χ3n) is 5.31. The van der Waals surface area contributed by atoms with Crippen LogP contribution in [0.15, 0.2) is 29.4 Å². The predicted octanol–water partition coefficient (Wildman–Crippen LogP) is 2.59. The van der Waals surface area contributed by atoms with Crippen LogP contribution in [0.1, 0.15) is 19.8 Å². The standard InChI is InChI=1S/C20H26FN5O2S/c1-15-4-3-7-25(13-15)18(27)14-29-20-23-22-19(24-8-10-28-11-9-24)26(20)17-6-2-5-16(21)12-17/h2,5-6,12,15H,3-4,7-11,13-14H2,1H3/t15-/m0/s1. The topological polar surface area (TPSA) is 63.5 Å². The van der Waals surface area contributed by atoms with Gasteiger partial charge < -0.3 is 14.5 Å². The number of likely N-dealkylation sites (tertiary alicyclic amines) is 1. The SMILES string of the molecule is C[C@H]1CCCN(C(=O)CSc2nnc(N3CCOCC3)n2-c2cccc(F)c2)C1. The van der Waals surface area contributed by atoms with E-state index in [1.165, 1.54) is 30.3 Å². The fourth-order valence-electron chi connectivity index (χ4n) is 3.80. The largest absolute Gasteiger partial charge is 0.378 e. The lowest BCUT2D eigenvalue weighted by Crippen LogP contribution is -2.40. The average Bonchev–Trinajstić information content (AvgIpc) is 3.16. The van der Waals surface area contributed by atoms with Crippen molar-refractivity contribution in [1.29, 1.82) is 0 Å². The number of nitrogens with zero attached hydrogens (tertiary/aromatic N) is 5. The Morgan fingerprint density at radius 1 is 1.28 bits per heavy atom. The van der Waals surface area contributed by atoms with Crippen LogP contribution in [0.3, 0.4) is 0 Å². The van der Waals surface area contributed by atoms with Crippen LogP contribution in [0.4, 0.5) is 10.3 Å². The maximum absolute atomic E-state index is 13.9.